The number of nitrogens with one attached hydrogen (secondary N) is 1. The van der Waals surface area contributed by atoms with E-state index in [1.54, 1.807) is 13.0 Å². The van der Waals surface area contributed by atoms with Crippen molar-refractivity contribution >= 4 is 29.9 Å². The van der Waals surface area contributed by atoms with Crippen LogP contribution in [0, 0.1) is 11.2 Å². The van der Waals surface area contributed by atoms with Crippen LogP contribution in [-0.2, 0) is 4.79 Å². The molecule has 6 heteroatoms. The summed E-state index contributed by atoms with van der Waals surface area (Å²) in [5.41, 5.74) is 6.30. The molecule has 0 bridgehead atoms. The van der Waals surface area contributed by atoms with E-state index in [2.05, 4.69) is 5.32 Å². The van der Waals surface area contributed by atoms with Gasteiger partial charge >= 0.3 is 0 Å². The highest BCUT2D eigenvalue weighted by Crippen LogP contribution is 2.22. The molecule has 0 spiro atoms. The summed E-state index contributed by atoms with van der Waals surface area (Å²) in [5.74, 6) is -0.712. The highest BCUT2D eigenvalue weighted by Gasteiger charge is 2.28. The van der Waals surface area contributed by atoms with E-state index >= 15 is 0 Å². The Morgan fingerprint density at radius 1 is 1.40 bits per heavy atom. The number of amides is 1. The Balaban J connectivity index is 0.00000361. The van der Waals surface area contributed by atoms with Gasteiger partial charge in [0, 0.05) is 0 Å². The maximum Gasteiger partial charge on any atom is 0.237 e. The van der Waals surface area contributed by atoms with Crippen LogP contribution in [0.5, 0.6) is 0 Å². The third kappa shape index (κ3) is 4.93. The lowest BCUT2D eigenvalue weighted by atomic mass is 9.86. The van der Waals surface area contributed by atoms with Gasteiger partial charge in [-0.2, -0.15) is 0 Å². The van der Waals surface area contributed by atoms with Crippen molar-refractivity contribution in [1.29, 1.82) is 0 Å². The summed E-state index contributed by atoms with van der Waals surface area (Å²) < 4.78 is 13.1. The predicted octanol–water partition coefficient (Wildman–Crippen LogP) is 3.45. The number of hydrogen-bond donors (Lipinski definition) is 2. The molecule has 3 nitrogen and oxygen atoms in total. The summed E-state index contributed by atoms with van der Waals surface area (Å²) in [7, 11) is 0. The van der Waals surface area contributed by atoms with Crippen molar-refractivity contribution < 1.29 is 9.18 Å². The molecule has 0 saturated carbocycles. The third-order valence-corrected chi connectivity index (χ3v) is 3.31. The van der Waals surface area contributed by atoms with Gasteiger partial charge in [-0.05, 0) is 30.0 Å². The van der Waals surface area contributed by atoms with E-state index in [0.717, 1.165) is 5.56 Å². The summed E-state index contributed by atoms with van der Waals surface area (Å²) in [4.78, 5) is 12.0. The Kier molecular flexibility index (Phi) is 6.94. The quantitative estimate of drug-likeness (QED) is 0.895. The van der Waals surface area contributed by atoms with Crippen LogP contribution in [0.2, 0.25) is 5.02 Å². The van der Waals surface area contributed by atoms with Gasteiger partial charge in [0.1, 0.15) is 5.82 Å². The second kappa shape index (κ2) is 7.25. The molecule has 1 rings (SSSR count). The second-order valence-corrected chi connectivity index (χ2v) is 6.15. The fraction of sp³-hybridized carbons (Fsp3) is 0.500. The van der Waals surface area contributed by atoms with Crippen molar-refractivity contribution in [3.63, 3.8) is 0 Å². The van der Waals surface area contributed by atoms with Gasteiger partial charge < -0.3 is 11.1 Å². The molecule has 0 aromatic heterocycles. The van der Waals surface area contributed by atoms with E-state index in [1.165, 1.54) is 12.1 Å². The molecule has 1 aromatic carbocycles. The Hall–Kier alpha value is -0.840. The minimum Gasteiger partial charge on any atom is -0.348 e. The molecule has 1 aromatic rings. The van der Waals surface area contributed by atoms with Gasteiger partial charge in [-0.3, -0.25) is 4.79 Å². The highest BCUT2D eigenvalue weighted by atomic mass is 35.5. The van der Waals surface area contributed by atoms with E-state index in [4.69, 9.17) is 17.3 Å². The SMILES string of the molecule is CC(NC(=O)[C@@H](N)C(C)(C)C)c1ccc(F)c(Cl)c1.Cl. The van der Waals surface area contributed by atoms with E-state index in [-0.39, 0.29) is 34.8 Å². The van der Waals surface area contributed by atoms with Crippen LogP contribution in [0.25, 0.3) is 0 Å². The van der Waals surface area contributed by atoms with E-state index < -0.39 is 11.9 Å². The zero-order valence-corrected chi connectivity index (χ0v) is 13.6. The summed E-state index contributed by atoms with van der Waals surface area (Å²) in [5, 5.41) is 2.84. The summed E-state index contributed by atoms with van der Waals surface area (Å²) in [6, 6.07) is 3.49. The van der Waals surface area contributed by atoms with Crippen molar-refractivity contribution in [1.82, 2.24) is 5.32 Å². The Bertz CT molecular complexity index is 475. The molecule has 0 saturated heterocycles. The molecule has 0 aliphatic heterocycles. The number of hydrogen-bond acceptors (Lipinski definition) is 2. The van der Waals surface area contributed by atoms with Crippen LogP contribution in [0.4, 0.5) is 4.39 Å². The molecule has 0 heterocycles. The molecule has 2 atom stereocenters. The minimum absolute atomic E-state index is 0. The first-order valence-electron chi connectivity index (χ1n) is 6.14. The summed E-state index contributed by atoms with van der Waals surface area (Å²) in [6.07, 6.45) is 0. The molecular formula is C14H21Cl2FN2O. The molecule has 114 valence electrons. The third-order valence-electron chi connectivity index (χ3n) is 3.02. The van der Waals surface area contributed by atoms with Crippen molar-refractivity contribution in [3.8, 4) is 0 Å². The first-order chi connectivity index (χ1) is 8.62. The lowest BCUT2D eigenvalue weighted by molar-refractivity contribution is -0.125. The van der Waals surface area contributed by atoms with Gasteiger partial charge in [-0.25, -0.2) is 4.39 Å². The van der Waals surface area contributed by atoms with Gasteiger partial charge in [0.05, 0.1) is 17.1 Å². The Labute approximate surface area is 130 Å². The first kappa shape index (κ1) is 19.2. The number of carbonyl (C=O) groups is 1. The van der Waals surface area contributed by atoms with Crippen LogP contribution >= 0.6 is 24.0 Å². The zero-order valence-electron chi connectivity index (χ0n) is 12.0. The highest BCUT2D eigenvalue weighted by molar-refractivity contribution is 6.30. The Morgan fingerprint density at radius 2 is 1.95 bits per heavy atom. The van der Waals surface area contributed by atoms with Gasteiger partial charge in [0.25, 0.3) is 0 Å². The predicted molar refractivity (Wildman–Crippen MR) is 82.6 cm³/mol. The first-order valence-corrected chi connectivity index (χ1v) is 6.51. The molecule has 3 N–H and O–H groups in total. The standard InChI is InChI=1S/C14H20ClFN2O.ClH/c1-8(9-5-6-11(16)10(15)7-9)18-13(19)12(17)14(2,3)4;/h5-8,12H,17H2,1-4H3,(H,18,19);1H/t8?,12-;/m1./s1. The molecule has 1 unspecified atom stereocenters. The van der Waals surface area contributed by atoms with Gasteiger partial charge in [-0.15, -0.1) is 12.4 Å². The number of rotatable bonds is 3. The minimum atomic E-state index is -0.606. The molecule has 0 radical (unpaired) electrons. The van der Waals surface area contributed by atoms with Crippen molar-refractivity contribution in [2.24, 2.45) is 11.1 Å². The number of nitrogens with two attached hydrogens (primary N) is 1. The molecule has 0 aliphatic rings. The number of carbonyl (C=O) groups excluding carboxylic acids is 1. The lowest BCUT2D eigenvalue weighted by Crippen LogP contribution is -2.49. The fourth-order valence-electron chi connectivity index (χ4n) is 1.56. The maximum atomic E-state index is 13.1. The normalized spacial score (nSPS) is 14.2. The average Bonchev–Trinajstić information content (AvgIpc) is 2.30. The van der Waals surface area contributed by atoms with Crippen molar-refractivity contribution in [2.45, 2.75) is 39.8 Å². The average molecular weight is 323 g/mol. The number of halogens is 3. The van der Waals surface area contributed by atoms with Crippen LogP contribution in [0.15, 0.2) is 18.2 Å². The largest absolute Gasteiger partial charge is 0.348 e. The molecule has 0 fully saturated rings. The summed E-state index contributed by atoms with van der Waals surface area (Å²) >= 11 is 5.72. The van der Waals surface area contributed by atoms with Gasteiger partial charge in [0.15, 0.2) is 0 Å². The van der Waals surface area contributed by atoms with Crippen molar-refractivity contribution in [2.75, 3.05) is 0 Å². The second-order valence-electron chi connectivity index (χ2n) is 5.75. The molecule has 0 aliphatic carbocycles. The topological polar surface area (TPSA) is 55.1 Å². The maximum absolute atomic E-state index is 13.1. The molecular weight excluding hydrogens is 302 g/mol. The van der Waals surface area contributed by atoms with E-state index in [1.807, 2.05) is 20.8 Å². The van der Waals surface area contributed by atoms with Crippen molar-refractivity contribution in [3.05, 3.63) is 34.6 Å². The molecule has 1 amide bonds. The van der Waals surface area contributed by atoms with Crippen LogP contribution in [0.1, 0.15) is 39.3 Å². The Morgan fingerprint density at radius 3 is 2.40 bits per heavy atom. The smallest absolute Gasteiger partial charge is 0.237 e. The lowest BCUT2D eigenvalue weighted by Gasteiger charge is -2.27. The van der Waals surface area contributed by atoms with Gasteiger partial charge in [-0.1, -0.05) is 38.4 Å². The van der Waals surface area contributed by atoms with Crippen LogP contribution < -0.4 is 11.1 Å². The van der Waals surface area contributed by atoms with E-state index in [9.17, 15) is 9.18 Å². The molecule has 20 heavy (non-hydrogen) atoms. The van der Waals surface area contributed by atoms with E-state index in [0.29, 0.717) is 0 Å². The zero-order chi connectivity index (χ0) is 14.8. The fourth-order valence-corrected chi connectivity index (χ4v) is 1.75. The van der Waals surface area contributed by atoms with Crippen LogP contribution in [-0.4, -0.2) is 11.9 Å². The number of benzene rings is 1. The monoisotopic (exact) mass is 322 g/mol. The summed E-state index contributed by atoms with van der Waals surface area (Å²) in [6.45, 7) is 7.50. The van der Waals surface area contributed by atoms with Crippen LogP contribution in [0.3, 0.4) is 0 Å². The van der Waals surface area contributed by atoms with Gasteiger partial charge in [0.2, 0.25) is 5.91 Å².